The second-order valence-electron chi connectivity index (χ2n) is 5.91. The molecule has 5 nitrogen and oxygen atoms in total. The van der Waals surface area contributed by atoms with Gasteiger partial charge in [-0.25, -0.2) is 4.79 Å². The molecule has 0 spiro atoms. The highest BCUT2D eigenvalue weighted by atomic mass is 19.4. The maximum absolute atomic E-state index is 11.9. The van der Waals surface area contributed by atoms with Crippen molar-refractivity contribution in [3.63, 3.8) is 0 Å². The molecule has 0 aliphatic carbocycles. The average molecular weight is 345 g/mol. The van der Waals surface area contributed by atoms with Crippen LogP contribution in [0.2, 0.25) is 0 Å². The Hall–Kier alpha value is -2.09. The van der Waals surface area contributed by atoms with Crippen molar-refractivity contribution in [2.45, 2.75) is 32.5 Å². The zero-order chi connectivity index (χ0) is 18.3. The Kier molecular flexibility index (Phi) is 7.21. The van der Waals surface area contributed by atoms with Gasteiger partial charge in [-0.15, -0.1) is 0 Å². The molecule has 8 heteroatoms. The maximum atomic E-state index is 11.9. The summed E-state index contributed by atoms with van der Waals surface area (Å²) in [7, 11) is 1.68. The molecule has 1 rings (SSSR count). The summed E-state index contributed by atoms with van der Waals surface area (Å²) in [6, 6.07) is 6.78. The Morgan fingerprint density at radius 3 is 2.25 bits per heavy atom. The van der Waals surface area contributed by atoms with Gasteiger partial charge in [0.25, 0.3) is 0 Å². The smallest absolute Gasteiger partial charge is 0.329 e. The monoisotopic (exact) mass is 345 g/mol. The van der Waals surface area contributed by atoms with E-state index >= 15 is 0 Å². The Labute approximate surface area is 139 Å². The lowest BCUT2D eigenvalue weighted by Crippen LogP contribution is -2.46. The van der Waals surface area contributed by atoms with Crippen LogP contribution < -0.4 is 10.6 Å². The van der Waals surface area contributed by atoms with Crippen LogP contribution in [0.15, 0.2) is 24.3 Å². The number of carbonyl (C=O) groups excluding carboxylic acids is 2. The molecule has 0 bridgehead atoms. The molecule has 1 aromatic rings. The third kappa shape index (κ3) is 7.96. The van der Waals surface area contributed by atoms with E-state index in [2.05, 4.69) is 13.8 Å². The van der Waals surface area contributed by atoms with Gasteiger partial charge in [0.2, 0.25) is 5.91 Å². The van der Waals surface area contributed by atoms with Crippen molar-refractivity contribution in [2.75, 3.05) is 20.1 Å². The van der Waals surface area contributed by atoms with Crippen molar-refractivity contribution in [2.24, 2.45) is 0 Å². The SMILES string of the molecule is CC(C)c1ccc(CN(C)CC(=O)NC(=O)NCC(F)(F)F)cc1. The van der Waals surface area contributed by atoms with Crippen molar-refractivity contribution in [3.8, 4) is 0 Å². The normalized spacial score (nSPS) is 11.7. The topological polar surface area (TPSA) is 61.4 Å². The molecule has 3 amide bonds. The number of amides is 3. The lowest BCUT2D eigenvalue weighted by Gasteiger charge is -2.17. The Bertz CT molecular complexity index is 557. The summed E-state index contributed by atoms with van der Waals surface area (Å²) in [5.74, 6) is -0.242. The number of halogens is 3. The fourth-order valence-electron chi connectivity index (χ4n) is 2.01. The molecule has 0 unspecified atom stereocenters. The van der Waals surface area contributed by atoms with Gasteiger partial charge in [0.1, 0.15) is 6.54 Å². The van der Waals surface area contributed by atoms with Gasteiger partial charge in [-0.05, 0) is 24.1 Å². The van der Waals surface area contributed by atoms with Crippen LogP contribution in [0.4, 0.5) is 18.0 Å². The first-order chi connectivity index (χ1) is 11.1. The van der Waals surface area contributed by atoms with Gasteiger partial charge in [0, 0.05) is 6.54 Å². The second-order valence-corrected chi connectivity index (χ2v) is 5.91. The zero-order valence-corrected chi connectivity index (χ0v) is 13.9. The van der Waals surface area contributed by atoms with Crippen molar-refractivity contribution in [1.82, 2.24) is 15.5 Å². The Morgan fingerprint density at radius 2 is 1.75 bits per heavy atom. The average Bonchev–Trinajstić information content (AvgIpc) is 2.44. The van der Waals surface area contributed by atoms with E-state index in [0.717, 1.165) is 5.56 Å². The number of imide groups is 1. The highest BCUT2D eigenvalue weighted by molar-refractivity contribution is 5.95. The van der Waals surface area contributed by atoms with Crippen LogP contribution in [-0.4, -0.2) is 43.2 Å². The molecule has 0 aromatic heterocycles. The standard InChI is InChI=1S/C16H22F3N3O2/c1-11(2)13-6-4-12(5-7-13)8-22(3)9-14(23)21-15(24)20-10-16(17,18)19/h4-7,11H,8-10H2,1-3H3,(H2,20,21,23,24). The number of hydrogen-bond donors (Lipinski definition) is 2. The minimum absolute atomic E-state index is 0.106. The number of benzene rings is 1. The van der Waals surface area contributed by atoms with Crippen molar-refractivity contribution < 1.29 is 22.8 Å². The quantitative estimate of drug-likeness (QED) is 0.833. The third-order valence-electron chi connectivity index (χ3n) is 3.21. The fraction of sp³-hybridized carbons (Fsp3) is 0.500. The molecule has 0 saturated carbocycles. The van der Waals surface area contributed by atoms with Gasteiger partial charge in [-0.2, -0.15) is 13.2 Å². The first-order valence-electron chi connectivity index (χ1n) is 7.48. The van der Waals surface area contributed by atoms with Gasteiger partial charge < -0.3 is 5.32 Å². The molecule has 0 radical (unpaired) electrons. The lowest BCUT2D eigenvalue weighted by molar-refractivity contribution is -0.125. The summed E-state index contributed by atoms with van der Waals surface area (Å²) in [6.45, 7) is 3.08. The summed E-state index contributed by atoms with van der Waals surface area (Å²) in [6.07, 6.45) is -4.51. The predicted molar refractivity (Wildman–Crippen MR) is 84.5 cm³/mol. The highest BCUT2D eigenvalue weighted by Crippen LogP contribution is 2.15. The van der Waals surface area contributed by atoms with Crippen LogP contribution in [0.3, 0.4) is 0 Å². The van der Waals surface area contributed by atoms with Crippen LogP contribution >= 0.6 is 0 Å². The van der Waals surface area contributed by atoms with Crippen molar-refractivity contribution in [1.29, 1.82) is 0 Å². The van der Waals surface area contributed by atoms with E-state index in [4.69, 9.17) is 0 Å². The number of likely N-dealkylation sites (N-methyl/N-ethyl adjacent to an activating group) is 1. The number of carbonyl (C=O) groups is 2. The summed E-state index contributed by atoms with van der Waals surface area (Å²) in [5.41, 5.74) is 2.21. The molecule has 24 heavy (non-hydrogen) atoms. The number of urea groups is 1. The molecular formula is C16H22F3N3O2. The summed E-state index contributed by atoms with van der Waals surface area (Å²) in [4.78, 5) is 24.5. The van der Waals surface area contributed by atoms with E-state index < -0.39 is 24.7 Å². The van der Waals surface area contributed by atoms with E-state index in [1.807, 2.05) is 29.6 Å². The van der Waals surface area contributed by atoms with Gasteiger partial charge in [0.05, 0.1) is 6.54 Å². The number of alkyl halides is 3. The first-order valence-corrected chi connectivity index (χ1v) is 7.48. The molecule has 134 valence electrons. The fourth-order valence-corrected chi connectivity index (χ4v) is 2.01. The van der Waals surface area contributed by atoms with Crippen LogP contribution in [0.25, 0.3) is 0 Å². The van der Waals surface area contributed by atoms with Crippen molar-refractivity contribution >= 4 is 11.9 Å². The summed E-state index contributed by atoms with van der Waals surface area (Å²) < 4.78 is 35.8. The molecule has 0 saturated heterocycles. The van der Waals surface area contributed by atoms with E-state index in [0.29, 0.717) is 12.5 Å². The van der Waals surface area contributed by atoms with E-state index in [1.54, 1.807) is 17.3 Å². The zero-order valence-electron chi connectivity index (χ0n) is 13.9. The van der Waals surface area contributed by atoms with Crippen LogP contribution in [0.1, 0.15) is 30.9 Å². The summed E-state index contributed by atoms with van der Waals surface area (Å²) in [5, 5.41) is 3.44. The molecule has 0 aliphatic rings. The lowest BCUT2D eigenvalue weighted by atomic mass is 10.0. The van der Waals surface area contributed by atoms with Gasteiger partial charge >= 0.3 is 12.2 Å². The molecular weight excluding hydrogens is 323 g/mol. The molecule has 2 N–H and O–H groups in total. The van der Waals surface area contributed by atoms with E-state index in [1.165, 1.54) is 5.56 Å². The molecule has 0 fully saturated rings. The first kappa shape index (κ1) is 20.0. The van der Waals surface area contributed by atoms with E-state index in [-0.39, 0.29) is 6.54 Å². The van der Waals surface area contributed by atoms with Crippen molar-refractivity contribution in [3.05, 3.63) is 35.4 Å². The van der Waals surface area contributed by atoms with Crippen LogP contribution in [0, 0.1) is 0 Å². The Balaban J connectivity index is 2.39. The third-order valence-corrected chi connectivity index (χ3v) is 3.21. The maximum Gasteiger partial charge on any atom is 0.405 e. The van der Waals surface area contributed by atoms with Crippen LogP contribution in [0.5, 0.6) is 0 Å². The number of nitrogens with zero attached hydrogens (tertiary/aromatic N) is 1. The van der Waals surface area contributed by atoms with Gasteiger partial charge in [0.15, 0.2) is 0 Å². The molecule has 0 atom stereocenters. The minimum Gasteiger partial charge on any atom is -0.329 e. The number of nitrogens with one attached hydrogen (secondary N) is 2. The number of hydrogen-bond acceptors (Lipinski definition) is 3. The minimum atomic E-state index is -4.51. The van der Waals surface area contributed by atoms with E-state index in [9.17, 15) is 22.8 Å². The molecule has 1 aromatic carbocycles. The highest BCUT2D eigenvalue weighted by Gasteiger charge is 2.28. The number of rotatable bonds is 6. The van der Waals surface area contributed by atoms with Gasteiger partial charge in [-0.1, -0.05) is 38.1 Å². The second kappa shape index (κ2) is 8.68. The molecule has 0 aliphatic heterocycles. The van der Waals surface area contributed by atoms with Crippen LogP contribution in [-0.2, 0) is 11.3 Å². The summed E-state index contributed by atoms with van der Waals surface area (Å²) >= 11 is 0. The molecule has 0 heterocycles. The largest absolute Gasteiger partial charge is 0.405 e. The predicted octanol–water partition coefficient (Wildman–Crippen LogP) is 2.63. The van der Waals surface area contributed by atoms with Gasteiger partial charge in [-0.3, -0.25) is 15.0 Å². The Morgan fingerprint density at radius 1 is 1.17 bits per heavy atom.